The van der Waals surface area contributed by atoms with Crippen LogP contribution in [0, 0.1) is 6.92 Å². The lowest BCUT2D eigenvalue weighted by atomic mass is 10.2. The van der Waals surface area contributed by atoms with Gasteiger partial charge in [0.1, 0.15) is 5.76 Å². The minimum absolute atomic E-state index is 0.219. The van der Waals surface area contributed by atoms with Gasteiger partial charge in [0.05, 0.1) is 0 Å². The highest BCUT2D eigenvalue weighted by molar-refractivity contribution is 6.31. The van der Waals surface area contributed by atoms with Crippen molar-refractivity contribution in [1.29, 1.82) is 0 Å². The highest BCUT2D eigenvalue weighted by Crippen LogP contribution is 2.26. The SMILES string of the molecule is Cc1ccc(NC(=O)c2ccc(-c3cccc(Cl)c3)o2)cc1Cl. The molecule has 2 aromatic carbocycles. The molecule has 116 valence electrons. The van der Waals surface area contributed by atoms with Gasteiger partial charge in [0, 0.05) is 21.3 Å². The summed E-state index contributed by atoms with van der Waals surface area (Å²) < 4.78 is 5.61. The predicted molar refractivity (Wildman–Crippen MR) is 93.3 cm³/mol. The van der Waals surface area contributed by atoms with E-state index in [2.05, 4.69) is 5.32 Å². The highest BCUT2D eigenvalue weighted by Gasteiger charge is 2.13. The zero-order valence-electron chi connectivity index (χ0n) is 12.3. The topological polar surface area (TPSA) is 42.2 Å². The molecule has 1 aromatic heterocycles. The fraction of sp³-hybridized carbons (Fsp3) is 0.0556. The Labute approximate surface area is 143 Å². The number of anilines is 1. The Hall–Kier alpha value is -2.23. The van der Waals surface area contributed by atoms with Crippen LogP contribution in [-0.2, 0) is 0 Å². The predicted octanol–water partition coefficient (Wildman–Crippen LogP) is 5.81. The molecule has 1 N–H and O–H groups in total. The first-order chi connectivity index (χ1) is 11.0. The van der Waals surface area contributed by atoms with Crippen molar-refractivity contribution >= 4 is 34.8 Å². The van der Waals surface area contributed by atoms with Crippen molar-refractivity contribution in [2.24, 2.45) is 0 Å². The molecule has 0 aliphatic heterocycles. The number of carbonyl (C=O) groups excluding carboxylic acids is 1. The number of amides is 1. The Kier molecular flexibility index (Phi) is 4.42. The number of nitrogens with one attached hydrogen (secondary N) is 1. The molecule has 0 unspecified atom stereocenters. The first kappa shape index (κ1) is 15.7. The summed E-state index contributed by atoms with van der Waals surface area (Å²) in [4.78, 5) is 12.2. The molecule has 1 amide bonds. The average molecular weight is 346 g/mol. The lowest BCUT2D eigenvalue weighted by molar-refractivity contribution is 0.0997. The van der Waals surface area contributed by atoms with Gasteiger partial charge in [-0.1, -0.05) is 41.4 Å². The summed E-state index contributed by atoms with van der Waals surface area (Å²) in [7, 11) is 0. The fourth-order valence-corrected chi connectivity index (χ4v) is 2.49. The molecule has 3 nitrogen and oxygen atoms in total. The van der Waals surface area contributed by atoms with Crippen LogP contribution in [0.1, 0.15) is 16.1 Å². The van der Waals surface area contributed by atoms with Gasteiger partial charge in [0.15, 0.2) is 5.76 Å². The Balaban J connectivity index is 1.79. The number of furan rings is 1. The van der Waals surface area contributed by atoms with E-state index in [1.807, 2.05) is 25.1 Å². The second-order valence-corrected chi connectivity index (χ2v) is 5.94. The van der Waals surface area contributed by atoms with Crippen LogP contribution in [0.4, 0.5) is 5.69 Å². The number of halogens is 2. The molecular weight excluding hydrogens is 333 g/mol. The largest absolute Gasteiger partial charge is 0.451 e. The summed E-state index contributed by atoms with van der Waals surface area (Å²) in [5, 5.41) is 3.97. The van der Waals surface area contributed by atoms with E-state index in [1.165, 1.54) is 0 Å². The molecule has 0 radical (unpaired) electrons. The van der Waals surface area contributed by atoms with Gasteiger partial charge in [0.2, 0.25) is 0 Å². The summed E-state index contributed by atoms with van der Waals surface area (Å²) in [5.74, 6) is 0.467. The van der Waals surface area contributed by atoms with E-state index in [-0.39, 0.29) is 11.7 Å². The van der Waals surface area contributed by atoms with Crippen molar-refractivity contribution in [3.63, 3.8) is 0 Å². The summed E-state index contributed by atoms with van der Waals surface area (Å²) in [5.41, 5.74) is 2.38. The van der Waals surface area contributed by atoms with Gasteiger partial charge in [-0.05, 0) is 48.9 Å². The number of hydrogen-bond donors (Lipinski definition) is 1. The minimum Gasteiger partial charge on any atom is -0.451 e. The molecule has 23 heavy (non-hydrogen) atoms. The van der Waals surface area contributed by atoms with Crippen molar-refractivity contribution in [2.75, 3.05) is 5.32 Å². The summed E-state index contributed by atoms with van der Waals surface area (Å²) in [6.07, 6.45) is 0. The summed E-state index contributed by atoms with van der Waals surface area (Å²) in [6.45, 7) is 1.90. The van der Waals surface area contributed by atoms with Crippen molar-refractivity contribution in [3.05, 3.63) is 76.0 Å². The minimum atomic E-state index is -0.335. The van der Waals surface area contributed by atoms with Crippen molar-refractivity contribution in [2.45, 2.75) is 6.92 Å². The standard InChI is InChI=1S/C18H13Cl2NO2/c1-11-5-6-14(10-15(11)20)21-18(22)17-8-7-16(23-17)12-3-2-4-13(19)9-12/h2-10H,1H3,(H,21,22). The maximum atomic E-state index is 12.2. The zero-order valence-corrected chi connectivity index (χ0v) is 13.8. The maximum absolute atomic E-state index is 12.2. The second-order valence-electron chi connectivity index (χ2n) is 5.09. The highest BCUT2D eigenvalue weighted by atomic mass is 35.5. The third kappa shape index (κ3) is 3.58. The van der Waals surface area contributed by atoms with Crippen molar-refractivity contribution < 1.29 is 9.21 Å². The first-order valence-corrected chi connectivity index (χ1v) is 7.72. The molecule has 0 spiro atoms. The van der Waals surface area contributed by atoms with E-state index in [0.29, 0.717) is 21.5 Å². The van der Waals surface area contributed by atoms with Crippen molar-refractivity contribution in [3.8, 4) is 11.3 Å². The Bertz CT molecular complexity index is 871. The van der Waals surface area contributed by atoms with Gasteiger partial charge in [-0.15, -0.1) is 0 Å². The number of aryl methyl sites for hydroxylation is 1. The van der Waals surface area contributed by atoms with Gasteiger partial charge in [-0.3, -0.25) is 4.79 Å². The molecule has 0 saturated heterocycles. The normalized spacial score (nSPS) is 10.6. The van der Waals surface area contributed by atoms with Crippen LogP contribution >= 0.6 is 23.2 Å². The smallest absolute Gasteiger partial charge is 0.291 e. The van der Waals surface area contributed by atoms with Gasteiger partial charge in [-0.2, -0.15) is 0 Å². The molecule has 0 aliphatic carbocycles. The van der Waals surface area contributed by atoms with Gasteiger partial charge >= 0.3 is 0 Å². The van der Waals surface area contributed by atoms with Gasteiger partial charge in [0.25, 0.3) is 5.91 Å². The van der Waals surface area contributed by atoms with Crippen LogP contribution < -0.4 is 5.32 Å². The number of carbonyl (C=O) groups is 1. The summed E-state index contributed by atoms with van der Waals surface area (Å²) >= 11 is 12.0. The molecule has 5 heteroatoms. The molecule has 0 saturated carbocycles. The third-order valence-electron chi connectivity index (χ3n) is 3.37. The second kappa shape index (κ2) is 6.49. The molecule has 3 aromatic rings. The Morgan fingerprint density at radius 3 is 2.61 bits per heavy atom. The molecule has 0 bridgehead atoms. The van der Waals surface area contributed by atoms with Crippen LogP contribution in [0.25, 0.3) is 11.3 Å². The molecule has 0 atom stereocenters. The number of benzene rings is 2. The zero-order chi connectivity index (χ0) is 16.4. The number of rotatable bonds is 3. The van der Waals surface area contributed by atoms with E-state index in [4.69, 9.17) is 27.6 Å². The molecule has 1 heterocycles. The van der Waals surface area contributed by atoms with Crippen LogP contribution in [-0.4, -0.2) is 5.91 Å². The van der Waals surface area contributed by atoms with E-state index in [0.717, 1.165) is 11.1 Å². The molecular formula is C18H13Cl2NO2. The van der Waals surface area contributed by atoms with Gasteiger partial charge < -0.3 is 9.73 Å². The fourth-order valence-electron chi connectivity index (χ4n) is 2.12. The van der Waals surface area contributed by atoms with Crippen LogP contribution in [0.2, 0.25) is 10.0 Å². The maximum Gasteiger partial charge on any atom is 0.291 e. The average Bonchev–Trinajstić information content (AvgIpc) is 3.01. The van der Waals surface area contributed by atoms with Gasteiger partial charge in [-0.25, -0.2) is 0 Å². The first-order valence-electron chi connectivity index (χ1n) is 6.96. The van der Waals surface area contributed by atoms with E-state index < -0.39 is 0 Å². The Morgan fingerprint density at radius 2 is 1.87 bits per heavy atom. The Morgan fingerprint density at radius 1 is 1.04 bits per heavy atom. The monoisotopic (exact) mass is 345 g/mol. The van der Waals surface area contributed by atoms with Crippen LogP contribution in [0.3, 0.4) is 0 Å². The molecule has 0 aliphatic rings. The van der Waals surface area contributed by atoms with Crippen molar-refractivity contribution in [1.82, 2.24) is 0 Å². The summed E-state index contributed by atoms with van der Waals surface area (Å²) in [6, 6.07) is 16.0. The van der Waals surface area contributed by atoms with E-state index >= 15 is 0 Å². The quantitative estimate of drug-likeness (QED) is 0.650. The lowest BCUT2D eigenvalue weighted by Gasteiger charge is -2.05. The third-order valence-corrected chi connectivity index (χ3v) is 4.01. The lowest BCUT2D eigenvalue weighted by Crippen LogP contribution is -2.10. The molecule has 3 rings (SSSR count). The van der Waals surface area contributed by atoms with Crippen LogP contribution in [0.15, 0.2) is 59.0 Å². The molecule has 0 fully saturated rings. The van der Waals surface area contributed by atoms with E-state index in [1.54, 1.807) is 36.4 Å². The van der Waals surface area contributed by atoms with E-state index in [9.17, 15) is 4.79 Å². The number of hydrogen-bond acceptors (Lipinski definition) is 2. The van der Waals surface area contributed by atoms with Crippen LogP contribution in [0.5, 0.6) is 0 Å².